The van der Waals surface area contributed by atoms with Gasteiger partial charge in [0.15, 0.2) is 6.20 Å². The Kier molecular flexibility index (Phi) is 3.36. The lowest BCUT2D eigenvalue weighted by molar-refractivity contribution is -0.660. The van der Waals surface area contributed by atoms with Crippen LogP contribution in [0.15, 0.2) is 47.0 Å². The summed E-state index contributed by atoms with van der Waals surface area (Å²) in [5.74, 6) is 0. The normalized spacial score (nSPS) is 11.2. The minimum atomic E-state index is 0.588. The largest absolute Gasteiger partial charge is 0.467 e. The zero-order valence-corrected chi connectivity index (χ0v) is 14.8. The maximum Gasteiger partial charge on any atom is 0.243 e. The molecular weight excluding hydrogens is 308 g/mol. The number of para-hydroxylation sites is 1. The summed E-state index contributed by atoms with van der Waals surface area (Å²) in [5, 5.41) is 2.07. The molecule has 0 aliphatic carbocycles. The summed E-state index contributed by atoms with van der Waals surface area (Å²) in [6.45, 7) is 14.1. The van der Waals surface area contributed by atoms with E-state index in [1.54, 1.807) is 0 Å². The van der Waals surface area contributed by atoms with E-state index in [4.69, 9.17) is 11.0 Å². The molecule has 0 aliphatic rings. The highest BCUT2D eigenvalue weighted by Gasteiger charge is 2.23. The van der Waals surface area contributed by atoms with Crippen LogP contribution in [0.3, 0.4) is 0 Å². The predicted molar refractivity (Wildman–Crippen MR) is 101 cm³/mol. The van der Waals surface area contributed by atoms with Crippen molar-refractivity contribution in [2.45, 2.75) is 20.8 Å². The van der Waals surface area contributed by atoms with Crippen molar-refractivity contribution < 1.29 is 8.98 Å². The second-order valence-electron chi connectivity index (χ2n) is 6.64. The molecule has 0 unspecified atom stereocenters. The van der Waals surface area contributed by atoms with Gasteiger partial charge in [0.25, 0.3) is 0 Å². The molecule has 0 atom stereocenters. The van der Waals surface area contributed by atoms with Crippen LogP contribution in [0.1, 0.15) is 16.7 Å². The molecule has 2 aromatic heterocycles. The van der Waals surface area contributed by atoms with Crippen molar-refractivity contribution in [3.05, 3.63) is 70.7 Å². The molecule has 0 aliphatic heterocycles. The van der Waals surface area contributed by atoms with E-state index in [1.807, 2.05) is 31.3 Å². The van der Waals surface area contributed by atoms with E-state index in [0.717, 1.165) is 33.2 Å². The summed E-state index contributed by atoms with van der Waals surface area (Å²) in [6, 6.07) is 12.3. The minimum absolute atomic E-state index is 0.588. The molecule has 0 fully saturated rings. The van der Waals surface area contributed by atoms with Crippen LogP contribution in [0.5, 0.6) is 0 Å². The van der Waals surface area contributed by atoms with Crippen LogP contribution >= 0.6 is 0 Å². The molecule has 122 valence electrons. The fourth-order valence-electron chi connectivity index (χ4n) is 3.53. The number of rotatable bonds is 1. The van der Waals surface area contributed by atoms with Crippen molar-refractivity contribution in [3.8, 4) is 11.3 Å². The van der Waals surface area contributed by atoms with Crippen molar-refractivity contribution in [1.29, 1.82) is 0 Å². The number of pyridine rings is 1. The van der Waals surface area contributed by atoms with E-state index in [0.29, 0.717) is 11.3 Å². The van der Waals surface area contributed by atoms with E-state index < -0.39 is 0 Å². The Balaban J connectivity index is 2.15. The van der Waals surface area contributed by atoms with Crippen LogP contribution < -0.4 is 4.57 Å². The second kappa shape index (κ2) is 5.46. The highest BCUT2D eigenvalue weighted by Crippen LogP contribution is 2.42. The molecule has 25 heavy (non-hydrogen) atoms. The highest BCUT2D eigenvalue weighted by molar-refractivity contribution is 6.12. The maximum atomic E-state index is 7.81. The molecule has 2 aromatic carbocycles. The summed E-state index contributed by atoms with van der Waals surface area (Å²) < 4.78 is 8.15. The molecule has 0 radical (unpaired) electrons. The lowest BCUT2D eigenvalue weighted by Crippen LogP contribution is -2.31. The Labute approximate surface area is 147 Å². The van der Waals surface area contributed by atoms with Crippen LogP contribution in [0.2, 0.25) is 0 Å². The molecule has 4 aromatic rings. The van der Waals surface area contributed by atoms with Gasteiger partial charge in [0.1, 0.15) is 18.2 Å². The first-order valence-corrected chi connectivity index (χ1v) is 8.31. The molecule has 2 heterocycles. The first-order valence-electron chi connectivity index (χ1n) is 8.31. The third-order valence-electron chi connectivity index (χ3n) is 4.95. The molecule has 0 amide bonds. The number of aromatic nitrogens is 1. The Morgan fingerprint density at radius 1 is 0.960 bits per heavy atom. The monoisotopic (exact) mass is 327 g/mol. The number of benzene rings is 2. The van der Waals surface area contributed by atoms with Crippen LogP contribution in [0.4, 0.5) is 5.69 Å². The zero-order chi connectivity index (χ0) is 17.7. The fourth-order valence-corrected chi connectivity index (χ4v) is 3.53. The molecule has 0 bridgehead atoms. The number of nitrogens with zero attached hydrogens (tertiary/aromatic N) is 2. The second-order valence-corrected chi connectivity index (χ2v) is 6.64. The number of furan rings is 1. The zero-order valence-electron chi connectivity index (χ0n) is 14.8. The van der Waals surface area contributed by atoms with Gasteiger partial charge < -0.3 is 4.42 Å². The molecule has 4 rings (SSSR count). The van der Waals surface area contributed by atoms with E-state index in [9.17, 15) is 0 Å². The van der Waals surface area contributed by atoms with E-state index >= 15 is 0 Å². The minimum Gasteiger partial charge on any atom is -0.467 e. The summed E-state index contributed by atoms with van der Waals surface area (Å²) in [5.41, 5.74) is 7.61. The maximum absolute atomic E-state index is 7.81. The van der Waals surface area contributed by atoms with Gasteiger partial charge in [0.05, 0.1) is 12.1 Å². The Morgan fingerprint density at radius 2 is 1.72 bits per heavy atom. The number of aryl methyl sites for hydroxylation is 4. The van der Waals surface area contributed by atoms with Gasteiger partial charge in [-0.25, -0.2) is 9.41 Å². The van der Waals surface area contributed by atoms with Crippen molar-refractivity contribution in [2.24, 2.45) is 7.05 Å². The summed E-state index contributed by atoms with van der Waals surface area (Å²) in [7, 11) is 2.03. The van der Waals surface area contributed by atoms with Crippen molar-refractivity contribution in [3.63, 3.8) is 0 Å². The van der Waals surface area contributed by atoms with Gasteiger partial charge in [-0.1, -0.05) is 18.2 Å². The summed E-state index contributed by atoms with van der Waals surface area (Å²) in [6.07, 6.45) is 2.11. The van der Waals surface area contributed by atoms with Crippen molar-refractivity contribution in [1.82, 2.24) is 0 Å². The van der Waals surface area contributed by atoms with Crippen LogP contribution in [-0.2, 0) is 7.05 Å². The third kappa shape index (κ3) is 2.22. The Morgan fingerprint density at radius 3 is 2.48 bits per heavy atom. The van der Waals surface area contributed by atoms with Gasteiger partial charge in [-0.3, -0.25) is 0 Å². The first kappa shape index (κ1) is 15.4. The SMILES string of the molecule is [C-]#[N+]c1c(-c2cc(C)c(C)c[n+]2C)c(C)cc2c1oc1ccccc12. The topological polar surface area (TPSA) is 21.4 Å². The predicted octanol–water partition coefficient (Wildman–Crippen LogP) is 5.55. The average molecular weight is 327 g/mol. The van der Waals surface area contributed by atoms with Crippen LogP contribution in [0.25, 0.3) is 38.0 Å². The lowest BCUT2D eigenvalue weighted by atomic mass is 9.97. The van der Waals surface area contributed by atoms with E-state index in [-0.39, 0.29) is 0 Å². The van der Waals surface area contributed by atoms with Gasteiger partial charge >= 0.3 is 0 Å². The third-order valence-corrected chi connectivity index (χ3v) is 4.95. The molecular formula is C22H19N2O+. The van der Waals surface area contributed by atoms with Crippen LogP contribution in [-0.4, -0.2) is 0 Å². The summed E-state index contributed by atoms with van der Waals surface area (Å²) >= 11 is 0. The number of fused-ring (bicyclic) bond motifs is 3. The van der Waals surface area contributed by atoms with Crippen molar-refractivity contribution >= 4 is 27.6 Å². The van der Waals surface area contributed by atoms with E-state index in [1.165, 1.54) is 11.1 Å². The quantitative estimate of drug-likeness (QED) is 0.331. The molecule has 0 saturated heterocycles. The first-order chi connectivity index (χ1) is 12.0. The Bertz CT molecular complexity index is 1190. The molecule has 3 nitrogen and oxygen atoms in total. The standard InChI is InChI=1S/C22H19N2O/c1-13-11-18(24(5)12-15(13)3)20-14(2)10-17-16-8-6-7-9-19(16)25-22(17)21(20)23-4/h6-12H,1-3,5H3/q+1. The van der Waals surface area contributed by atoms with Gasteiger partial charge in [-0.05, 0) is 44.0 Å². The lowest BCUT2D eigenvalue weighted by Gasteiger charge is -2.09. The number of hydrogen-bond acceptors (Lipinski definition) is 1. The molecule has 3 heteroatoms. The number of hydrogen-bond donors (Lipinski definition) is 0. The van der Waals surface area contributed by atoms with Gasteiger partial charge in [0, 0.05) is 22.4 Å². The molecule has 0 saturated carbocycles. The highest BCUT2D eigenvalue weighted by atomic mass is 16.3. The smallest absolute Gasteiger partial charge is 0.243 e. The fraction of sp³-hybridized carbons (Fsp3) is 0.182. The van der Waals surface area contributed by atoms with Gasteiger partial charge in [-0.15, -0.1) is 0 Å². The van der Waals surface area contributed by atoms with E-state index in [2.05, 4.69) is 48.5 Å². The summed E-state index contributed by atoms with van der Waals surface area (Å²) in [4.78, 5) is 3.87. The average Bonchev–Trinajstić information content (AvgIpc) is 2.95. The van der Waals surface area contributed by atoms with Crippen LogP contribution in [0, 0.1) is 27.3 Å². The van der Waals surface area contributed by atoms with Gasteiger partial charge in [0.2, 0.25) is 11.4 Å². The van der Waals surface area contributed by atoms with Gasteiger partial charge in [-0.2, -0.15) is 0 Å². The molecule has 0 N–H and O–H groups in total. The molecule has 0 spiro atoms. The van der Waals surface area contributed by atoms with Crippen molar-refractivity contribution in [2.75, 3.05) is 0 Å². The Hall–Kier alpha value is -3.12.